The largest absolute Gasteiger partial charge is 0.373 e. The summed E-state index contributed by atoms with van der Waals surface area (Å²) >= 11 is 0. The first-order valence-electron chi connectivity index (χ1n) is 5.61. The van der Waals surface area contributed by atoms with Gasteiger partial charge in [0.2, 0.25) is 5.89 Å². The van der Waals surface area contributed by atoms with Gasteiger partial charge in [-0.3, -0.25) is 0 Å². The first-order valence-corrected chi connectivity index (χ1v) is 5.61. The summed E-state index contributed by atoms with van der Waals surface area (Å²) in [5.41, 5.74) is 5.91. The zero-order chi connectivity index (χ0) is 12.2. The summed E-state index contributed by atoms with van der Waals surface area (Å²) in [5, 5.41) is 3.83. The number of hydrogen-bond donors (Lipinski definition) is 1. The number of aromatic nitrogens is 2. The molecular formula is C11H21N3O2. The normalized spacial score (nSPS) is 14.1. The van der Waals surface area contributed by atoms with Gasteiger partial charge in [0.05, 0.1) is 6.04 Å². The van der Waals surface area contributed by atoms with Gasteiger partial charge in [-0.15, -0.1) is 0 Å². The highest BCUT2D eigenvalue weighted by molar-refractivity contribution is 4.95. The second-order valence-corrected chi connectivity index (χ2v) is 4.95. The van der Waals surface area contributed by atoms with Gasteiger partial charge in [-0.1, -0.05) is 32.9 Å². The molecule has 0 aliphatic rings. The van der Waals surface area contributed by atoms with Crippen LogP contribution in [0.25, 0.3) is 0 Å². The molecule has 1 atom stereocenters. The molecule has 1 rings (SSSR count). The van der Waals surface area contributed by atoms with E-state index in [2.05, 4.69) is 17.1 Å². The molecule has 0 radical (unpaired) electrons. The third kappa shape index (κ3) is 3.57. The predicted molar refractivity (Wildman–Crippen MR) is 60.6 cm³/mol. The minimum atomic E-state index is -0.250. The van der Waals surface area contributed by atoms with Gasteiger partial charge in [0.1, 0.15) is 6.61 Å². The Morgan fingerprint density at radius 1 is 1.44 bits per heavy atom. The third-order valence-corrected chi connectivity index (χ3v) is 2.26. The van der Waals surface area contributed by atoms with Crippen LogP contribution in [0, 0.1) is 5.41 Å². The average molecular weight is 227 g/mol. The number of nitrogens with zero attached hydrogens (tertiary/aromatic N) is 2. The monoisotopic (exact) mass is 227 g/mol. The fraction of sp³-hybridized carbons (Fsp3) is 0.818. The third-order valence-electron chi connectivity index (χ3n) is 2.26. The molecule has 92 valence electrons. The van der Waals surface area contributed by atoms with E-state index in [0.29, 0.717) is 24.9 Å². The van der Waals surface area contributed by atoms with Crippen LogP contribution in [0.5, 0.6) is 0 Å². The lowest BCUT2D eigenvalue weighted by atomic mass is 9.87. The second-order valence-electron chi connectivity index (χ2n) is 4.95. The maximum atomic E-state index is 6.00. The highest BCUT2D eigenvalue weighted by Crippen LogP contribution is 2.29. The number of nitrogens with two attached hydrogens (primary N) is 1. The van der Waals surface area contributed by atoms with Crippen molar-refractivity contribution in [2.24, 2.45) is 11.1 Å². The standard InChI is InChI=1S/C11H21N3O2/c1-5-6-15-7-8-13-10(16-14-8)9(12)11(2,3)4/h9H,5-7,12H2,1-4H3/t9-/m1/s1. The van der Waals surface area contributed by atoms with Crippen molar-refractivity contribution in [2.45, 2.75) is 46.8 Å². The molecule has 0 saturated carbocycles. The second kappa shape index (κ2) is 5.41. The Morgan fingerprint density at radius 2 is 2.12 bits per heavy atom. The van der Waals surface area contributed by atoms with E-state index < -0.39 is 0 Å². The van der Waals surface area contributed by atoms with Crippen molar-refractivity contribution >= 4 is 0 Å². The van der Waals surface area contributed by atoms with Crippen LogP contribution in [0.3, 0.4) is 0 Å². The maximum Gasteiger partial charge on any atom is 0.244 e. The minimum Gasteiger partial charge on any atom is -0.373 e. The van der Waals surface area contributed by atoms with E-state index in [1.54, 1.807) is 0 Å². The minimum absolute atomic E-state index is 0.0892. The van der Waals surface area contributed by atoms with Crippen molar-refractivity contribution in [2.75, 3.05) is 6.61 Å². The van der Waals surface area contributed by atoms with E-state index in [1.807, 2.05) is 20.8 Å². The zero-order valence-corrected chi connectivity index (χ0v) is 10.5. The summed E-state index contributed by atoms with van der Waals surface area (Å²) in [5.74, 6) is 1.03. The fourth-order valence-corrected chi connectivity index (χ4v) is 1.13. The molecule has 0 spiro atoms. The molecule has 16 heavy (non-hydrogen) atoms. The molecular weight excluding hydrogens is 206 g/mol. The summed E-state index contributed by atoms with van der Waals surface area (Å²) in [6, 6.07) is -0.250. The SMILES string of the molecule is CCCOCc1noc([C@@H](N)C(C)(C)C)n1. The molecule has 0 aliphatic carbocycles. The highest BCUT2D eigenvalue weighted by Gasteiger charge is 2.27. The Kier molecular flexibility index (Phi) is 4.44. The Labute approximate surface area is 96.4 Å². The molecule has 0 unspecified atom stereocenters. The molecule has 5 nitrogen and oxygen atoms in total. The lowest BCUT2D eigenvalue weighted by Gasteiger charge is -2.23. The Bertz CT molecular complexity index is 317. The van der Waals surface area contributed by atoms with E-state index in [9.17, 15) is 0 Å². The Balaban J connectivity index is 2.57. The maximum absolute atomic E-state index is 6.00. The number of rotatable bonds is 5. The average Bonchev–Trinajstić information content (AvgIpc) is 2.64. The van der Waals surface area contributed by atoms with Crippen molar-refractivity contribution in [3.63, 3.8) is 0 Å². The summed E-state index contributed by atoms with van der Waals surface area (Å²) in [4.78, 5) is 4.22. The van der Waals surface area contributed by atoms with E-state index in [4.69, 9.17) is 15.0 Å². The van der Waals surface area contributed by atoms with Crippen LogP contribution in [0.4, 0.5) is 0 Å². The molecule has 0 bridgehead atoms. The number of hydrogen-bond acceptors (Lipinski definition) is 5. The summed E-state index contributed by atoms with van der Waals surface area (Å²) < 4.78 is 10.4. The van der Waals surface area contributed by atoms with Gasteiger partial charge in [-0.25, -0.2) is 0 Å². The summed E-state index contributed by atoms with van der Waals surface area (Å²) in [6.07, 6.45) is 0.978. The van der Waals surface area contributed by atoms with Crippen LogP contribution in [-0.2, 0) is 11.3 Å². The Hall–Kier alpha value is -0.940. The van der Waals surface area contributed by atoms with Gasteiger partial charge in [0, 0.05) is 6.61 Å². The lowest BCUT2D eigenvalue weighted by molar-refractivity contribution is 0.114. The van der Waals surface area contributed by atoms with Crippen molar-refractivity contribution < 1.29 is 9.26 Å². The first-order chi connectivity index (χ1) is 7.45. The van der Waals surface area contributed by atoms with Gasteiger partial charge < -0.3 is 15.0 Å². The molecule has 5 heteroatoms. The van der Waals surface area contributed by atoms with E-state index in [0.717, 1.165) is 6.42 Å². The van der Waals surface area contributed by atoms with E-state index in [1.165, 1.54) is 0 Å². The predicted octanol–water partition coefficient (Wildman–Crippen LogP) is 2.04. The number of ether oxygens (including phenoxy) is 1. The van der Waals surface area contributed by atoms with Gasteiger partial charge >= 0.3 is 0 Å². The molecule has 0 fully saturated rings. The van der Waals surface area contributed by atoms with Gasteiger partial charge in [-0.2, -0.15) is 4.98 Å². The molecule has 0 aliphatic heterocycles. The smallest absolute Gasteiger partial charge is 0.244 e. The lowest BCUT2D eigenvalue weighted by Crippen LogP contribution is -2.26. The van der Waals surface area contributed by atoms with Crippen molar-refractivity contribution in [3.05, 3.63) is 11.7 Å². The zero-order valence-electron chi connectivity index (χ0n) is 10.5. The quantitative estimate of drug-likeness (QED) is 0.779. The molecule has 1 aromatic rings. The summed E-state index contributed by atoms with van der Waals surface area (Å²) in [6.45, 7) is 9.25. The van der Waals surface area contributed by atoms with E-state index in [-0.39, 0.29) is 11.5 Å². The summed E-state index contributed by atoms with van der Waals surface area (Å²) in [7, 11) is 0. The Morgan fingerprint density at radius 3 is 2.69 bits per heavy atom. The molecule has 2 N–H and O–H groups in total. The van der Waals surface area contributed by atoms with Crippen molar-refractivity contribution in [1.82, 2.24) is 10.1 Å². The fourth-order valence-electron chi connectivity index (χ4n) is 1.13. The van der Waals surface area contributed by atoms with Crippen LogP contribution >= 0.6 is 0 Å². The van der Waals surface area contributed by atoms with Crippen LogP contribution in [0.1, 0.15) is 51.9 Å². The molecule has 0 aromatic carbocycles. The van der Waals surface area contributed by atoms with Crippen molar-refractivity contribution in [3.8, 4) is 0 Å². The van der Waals surface area contributed by atoms with Crippen LogP contribution in [0.2, 0.25) is 0 Å². The van der Waals surface area contributed by atoms with Crippen molar-refractivity contribution in [1.29, 1.82) is 0 Å². The molecule has 1 heterocycles. The first kappa shape index (κ1) is 13.1. The van der Waals surface area contributed by atoms with Gasteiger partial charge in [-0.05, 0) is 11.8 Å². The van der Waals surface area contributed by atoms with Gasteiger partial charge in [0.25, 0.3) is 0 Å². The topological polar surface area (TPSA) is 74.2 Å². The molecule has 0 amide bonds. The molecule has 1 aromatic heterocycles. The van der Waals surface area contributed by atoms with Gasteiger partial charge in [0.15, 0.2) is 5.82 Å². The molecule has 0 saturated heterocycles. The van der Waals surface area contributed by atoms with Crippen LogP contribution < -0.4 is 5.73 Å². The van der Waals surface area contributed by atoms with Crippen LogP contribution in [0.15, 0.2) is 4.52 Å². The van der Waals surface area contributed by atoms with E-state index >= 15 is 0 Å². The highest BCUT2D eigenvalue weighted by atomic mass is 16.5. The van der Waals surface area contributed by atoms with Crippen LogP contribution in [-0.4, -0.2) is 16.7 Å².